The first kappa shape index (κ1) is 27.8. The van der Waals surface area contributed by atoms with Gasteiger partial charge in [0.2, 0.25) is 11.9 Å². The Morgan fingerprint density at radius 1 is 1.14 bits per heavy atom. The number of nitrogens with one attached hydrogen (secondary N) is 3. The van der Waals surface area contributed by atoms with Crippen molar-refractivity contribution in [2.45, 2.75) is 6.04 Å². The van der Waals surface area contributed by atoms with E-state index in [0.717, 1.165) is 6.07 Å². The molecule has 1 amide bonds. The summed E-state index contributed by atoms with van der Waals surface area (Å²) in [6.07, 6.45) is 1.57. The maximum absolute atomic E-state index is 14.8. The second-order valence-electron chi connectivity index (χ2n) is 10.2. The lowest BCUT2D eigenvalue weighted by Crippen LogP contribution is -2.48. The van der Waals surface area contributed by atoms with Crippen LogP contribution in [0.4, 0.5) is 26.4 Å². The van der Waals surface area contributed by atoms with Crippen molar-refractivity contribution >= 4 is 29.1 Å². The summed E-state index contributed by atoms with van der Waals surface area (Å²) in [5.74, 6) is -0.975. The lowest BCUT2D eigenvalue weighted by atomic mass is 10.1. The first-order valence-electron chi connectivity index (χ1n) is 13.8. The molecule has 5 N–H and O–H groups in total. The number of carbonyl (C=O) groups excluding carboxylic acids is 1. The second-order valence-corrected chi connectivity index (χ2v) is 10.2. The zero-order valence-electron chi connectivity index (χ0n) is 22.9. The van der Waals surface area contributed by atoms with Crippen LogP contribution in [0.3, 0.4) is 0 Å². The van der Waals surface area contributed by atoms with Gasteiger partial charge in [0.25, 0.3) is 5.91 Å². The Kier molecular flexibility index (Phi) is 8.12. The number of anilines is 3. The van der Waals surface area contributed by atoms with Gasteiger partial charge in [0.15, 0.2) is 11.4 Å². The summed E-state index contributed by atoms with van der Waals surface area (Å²) in [6, 6.07) is 7.38. The van der Waals surface area contributed by atoms with Gasteiger partial charge in [0.05, 0.1) is 30.7 Å². The van der Waals surface area contributed by atoms with Crippen molar-refractivity contribution in [2.24, 2.45) is 0 Å². The van der Waals surface area contributed by atoms with Crippen LogP contribution in [0.1, 0.15) is 10.4 Å². The van der Waals surface area contributed by atoms with E-state index >= 15 is 0 Å². The molecule has 0 bridgehead atoms. The smallest absolute Gasteiger partial charge is 0.254 e. The Bertz CT molecular complexity index is 1530. The van der Waals surface area contributed by atoms with E-state index in [1.165, 1.54) is 10.6 Å². The predicted molar refractivity (Wildman–Crippen MR) is 151 cm³/mol. The number of aromatic nitrogens is 4. The number of nitrogen functional groups attached to an aromatic ring is 1. The first-order chi connectivity index (χ1) is 20.4. The summed E-state index contributed by atoms with van der Waals surface area (Å²) in [5.41, 5.74) is 7.27. The highest BCUT2D eigenvalue weighted by Gasteiger charge is 2.24. The molecule has 0 spiro atoms. The van der Waals surface area contributed by atoms with Crippen molar-refractivity contribution in [3.05, 3.63) is 53.8 Å². The van der Waals surface area contributed by atoms with Gasteiger partial charge in [-0.25, -0.2) is 8.78 Å². The number of hydrogen-bond donors (Lipinski definition) is 4. The molecule has 2 saturated heterocycles. The van der Waals surface area contributed by atoms with E-state index in [-0.39, 0.29) is 29.8 Å². The number of ether oxygens (including phenoxy) is 1. The van der Waals surface area contributed by atoms with E-state index in [1.807, 2.05) is 4.90 Å². The fourth-order valence-electron chi connectivity index (χ4n) is 5.09. The van der Waals surface area contributed by atoms with Crippen LogP contribution < -0.4 is 26.6 Å². The minimum atomic E-state index is -0.888. The average molecular weight is 583 g/mol. The largest absolute Gasteiger partial charge is 0.463 e. The third-order valence-electron chi connectivity index (χ3n) is 7.33. The zero-order chi connectivity index (χ0) is 29.1. The Morgan fingerprint density at radius 3 is 2.76 bits per heavy atom. The molecule has 13 nitrogen and oxygen atoms in total. The number of nitrogens with two attached hydrogens (primary N) is 1. The van der Waals surface area contributed by atoms with Gasteiger partial charge in [-0.2, -0.15) is 19.6 Å². The van der Waals surface area contributed by atoms with Crippen LogP contribution in [0.2, 0.25) is 0 Å². The standard InChI is InChI=1S/C27H32F2N10O3/c28-19-13-20(29)22(12-18(19)25(40)33-15-17-16-41-11-4-31-17)38-8-6-37(7-9-38)5-3-32-27-34-24-14-21(23-2-1-10-42-23)36-39(24)26(30)35-27/h1-2,10,12-14,17,31H,3-9,11,15-16H2,(H,33,40)(H3,30,32,34,35). The Balaban J connectivity index is 1.01. The molecule has 4 aromatic rings. The van der Waals surface area contributed by atoms with Gasteiger partial charge in [-0.3, -0.25) is 9.69 Å². The summed E-state index contributed by atoms with van der Waals surface area (Å²) >= 11 is 0. The van der Waals surface area contributed by atoms with Crippen LogP contribution in [0, 0.1) is 11.6 Å². The van der Waals surface area contributed by atoms with Crippen LogP contribution in [0.25, 0.3) is 17.1 Å². The second kappa shape index (κ2) is 12.3. The highest BCUT2D eigenvalue weighted by molar-refractivity contribution is 5.95. The van der Waals surface area contributed by atoms with Gasteiger partial charge in [0.1, 0.15) is 17.3 Å². The molecule has 1 atom stereocenters. The summed E-state index contributed by atoms with van der Waals surface area (Å²) in [4.78, 5) is 25.5. The molecule has 1 aromatic carbocycles. The molecule has 3 aromatic heterocycles. The summed E-state index contributed by atoms with van der Waals surface area (Å²) in [6.45, 7) is 5.67. The number of morpholine rings is 1. The van der Waals surface area contributed by atoms with E-state index in [9.17, 15) is 13.6 Å². The number of halogens is 2. The maximum atomic E-state index is 14.8. The van der Waals surface area contributed by atoms with Crippen LogP contribution in [0.15, 0.2) is 41.0 Å². The van der Waals surface area contributed by atoms with Crippen LogP contribution in [-0.4, -0.2) is 102 Å². The number of benzene rings is 1. The molecule has 2 fully saturated rings. The molecular weight excluding hydrogens is 550 g/mol. The molecule has 42 heavy (non-hydrogen) atoms. The fourth-order valence-corrected chi connectivity index (χ4v) is 5.09. The van der Waals surface area contributed by atoms with Crippen molar-refractivity contribution in [3.63, 3.8) is 0 Å². The Hall–Kier alpha value is -4.34. The van der Waals surface area contributed by atoms with Crippen molar-refractivity contribution < 1.29 is 22.7 Å². The van der Waals surface area contributed by atoms with E-state index in [2.05, 4.69) is 35.9 Å². The average Bonchev–Trinajstić information content (AvgIpc) is 3.68. The number of furan rings is 1. The Morgan fingerprint density at radius 2 is 2.00 bits per heavy atom. The van der Waals surface area contributed by atoms with Gasteiger partial charge < -0.3 is 35.7 Å². The predicted octanol–water partition coefficient (Wildman–Crippen LogP) is 1.20. The number of piperazine rings is 1. The number of amides is 1. The highest BCUT2D eigenvalue weighted by atomic mass is 19.1. The molecule has 222 valence electrons. The summed E-state index contributed by atoms with van der Waals surface area (Å²) < 4.78 is 41.5. The molecule has 2 aliphatic rings. The molecule has 1 unspecified atom stereocenters. The summed E-state index contributed by atoms with van der Waals surface area (Å²) in [7, 11) is 0. The zero-order valence-corrected chi connectivity index (χ0v) is 22.9. The van der Waals surface area contributed by atoms with Crippen molar-refractivity contribution in [3.8, 4) is 11.5 Å². The number of nitrogens with zero attached hydrogens (tertiary/aromatic N) is 6. The van der Waals surface area contributed by atoms with E-state index in [0.29, 0.717) is 82.1 Å². The molecular formula is C27H32F2N10O3. The molecule has 5 heterocycles. The van der Waals surface area contributed by atoms with Crippen LogP contribution >= 0.6 is 0 Å². The molecule has 0 radical (unpaired) electrons. The quantitative estimate of drug-likeness (QED) is 0.225. The van der Waals surface area contributed by atoms with Crippen LogP contribution in [0.5, 0.6) is 0 Å². The monoisotopic (exact) mass is 582 g/mol. The van der Waals surface area contributed by atoms with E-state index < -0.39 is 17.5 Å². The maximum Gasteiger partial charge on any atom is 0.254 e. The molecule has 15 heteroatoms. The number of fused-ring (bicyclic) bond motifs is 1. The minimum Gasteiger partial charge on any atom is -0.463 e. The van der Waals surface area contributed by atoms with Crippen molar-refractivity contribution in [2.75, 3.05) is 81.5 Å². The molecule has 0 saturated carbocycles. The highest BCUT2D eigenvalue weighted by Crippen LogP contribution is 2.25. The molecule has 6 rings (SSSR count). The number of hydrogen-bond acceptors (Lipinski definition) is 11. The van der Waals surface area contributed by atoms with Gasteiger partial charge in [-0.05, 0) is 18.2 Å². The number of rotatable bonds is 9. The van der Waals surface area contributed by atoms with E-state index in [1.54, 1.807) is 24.5 Å². The van der Waals surface area contributed by atoms with Gasteiger partial charge >= 0.3 is 0 Å². The van der Waals surface area contributed by atoms with Crippen LogP contribution in [-0.2, 0) is 4.74 Å². The molecule has 0 aliphatic carbocycles. The minimum absolute atomic E-state index is 0.0497. The van der Waals surface area contributed by atoms with Crippen molar-refractivity contribution in [1.29, 1.82) is 0 Å². The topological polar surface area (TPSA) is 151 Å². The lowest BCUT2D eigenvalue weighted by Gasteiger charge is -2.36. The number of carbonyl (C=O) groups is 1. The van der Waals surface area contributed by atoms with Gasteiger partial charge in [-0.1, -0.05) is 0 Å². The van der Waals surface area contributed by atoms with Gasteiger partial charge in [0, 0.05) is 70.5 Å². The van der Waals surface area contributed by atoms with E-state index in [4.69, 9.17) is 14.9 Å². The lowest BCUT2D eigenvalue weighted by molar-refractivity contribution is 0.0734. The normalized spacial score (nSPS) is 18.0. The van der Waals surface area contributed by atoms with Crippen molar-refractivity contribution in [1.82, 2.24) is 35.1 Å². The third kappa shape index (κ3) is 6.12. The summed E-state index contributed by atoms with van der Waals surface area (Å²) in [5, 5.41) is 13.5. The SMILES string of the molecule is Nc1nc(NCCN2CCN(c3cc(C(=O)NCC4COCCN4)c(F)cc3F)CC2)nc2cc(-c3ccco3)nn12. The van der Waals surface area contributed by atoms with Gasteiger partial charge in [-0.15, -0.1) is 0 Å². The third-order valence-corrected chi connectivity index (χ3v) is 7.33. The first-order valence-corrected chi connectivity index (χ1v) is 13.8. The molecule has 2 aliphatic heterocycles. The Labute approximate surface area is 240 Å². The fraction of sp³-hybridized carbons (Fsp3) is 0.407.